The predicted molar refractivity (Wildman–Crippen MR) is 37.0 cm³/mol. The van der Waals surface area contributed by atoms with Crippen LogP contribution < -0.4 is 0 Å². The Labute approximate surface area is 58.2 Å². The van der Waals surface area contributed by atoms with E-state index >= 15 is 0 Å². The van der Waals surface area contributed by atoms with Crippen LogP contribution in [0.1, 0.15) is 0 Å². The Hall–Kier alpha value is -0.830. The van der Waals surface area contributed by atoms with E-state index in [4.69, 9.17) is 10.2 Å². The molecule has 0 aliphatic carbocycles. The smallest absolute Gasteiger partial charge is 0.158 e. The average Bonchev–Trinajstić information content (AvgIpc) is 1.80. The van der Waals surface area contributed by atoms with E-state index in [1.54, 1.807) is 6.07 Å². The van der Waals surface area contributed by atoms with Crippen molar-refractivity contribution in [3.05, 3.63) is 18.2 Å². The second-order valence-electron chi connectivity index (χ2n) is 1.67. The highest BCUT2D eigenvalue weighted by Crippen LogP contribution is 2.25. The van der Waals surface area contributed by atoms with Gasteiger partial charge in [0, 0.05) is 4.90 Å². The molecule has 0 heterocycles. The topological polar surface area (TPSA) is 40.5 Å². The summed E-state index contributed by atoms with van der Waals surface area (Å²) in [5.41, 5.74) is 0. The van der Waals surface area contributed by atoms with Gasteiger partial charge in [-0.3, -0.25) is 0 Å². The van der Waals surface area contributed by atoms with Gasteiger partial charge in [-0.1, -0.05) is 0 Å². The minimum atomic E-state index is -0.137. The molecule has 0 spiro atoms. The lowest BCUT2D eigenvalue weighted by molar-refractivity contribution is 0.402. The van der Waals surface area contributed by atoms with Gasteiger partial charge in [0.2, 0.25) is 0 Å². The second kappa shape index (κ2) is 2.19. The third-order valence-electron chi connectivity index (χ3n) is 0.959. The molecule has 0 unspecified atom stereocenters. The molecule has 2 N–H and O–H groups in total. The standard InChI is InChI=1S/C6H6O2S/c7-5-2-1-4(9)3-6(5)8/h1-3,7-9H. The zero-order chi connectivity index (χ0) is 6.85. The Kier molecular flexibility index (Phi) is 1.53. The second-order valence-corrected chi connectivity index (χ2v) is 2.19. The summed E-state index contributed by atoms with van der Waals surface area (Å²) in [6.45, 7) is 0. The minimum absolute atomic E-state index is 0.118. The monoisotopic (exact) mass is 142 g/mol. The van der Waals surface area contributed by atoms with Crippen LogP contribution in [-0.2, 0) is 0 Å². The van der Waals surface area contributed by atoms with Gasteiger partial charge in [0.1, 0.15) is 0 Å². The van der Waals surface area contributed by atoms with E-state index in [9.17, 15) is 0 Å². The molecular formula is C6H6O2S. The van der Waals surface area contributed by atoms with E-state index in [1.165, 1.54) is 12.1 Å². The van der Waals surface area contributed by atoms with Crippen molar-refractivity contribution in [1.82, 2.24) is 0 Å². The van der Waals surface area contributed by atoms with Crippen LogP contribution in [0.15, 0.2) is 23.1 Å². The van der Waals surface area contributed by atoms with E-state index in [-0.39, 0.29) is 11.5 Å². The molecule has 1 aromatic carbocycles. The summed E-state index contributed by atoms with van der Waals surface area (Å²) in [4.78, 5) is 0.630. The molecule has 0 saturated carbocycles. The fourth-order valence-corrected chi connectivity index (χ4v) is 0.709. The van der Waals surface area contributed by atoms with Gasteiger partial charge in [-0.25, -0.2) is 0 Å². The lowest BCUT2D eigenvalue weighted by Gasteiger charge is -1.95. The van der Waals surface area contributed by atoms with Gasteiger partial charge in [0.15, 0.2) is 11.5 Å². The summed E-state index contributed by atoms with van der Waals surface area (Å²) in [6.07, 6.45) is 0. The number of phenols is 2. The fourth-order valence-electron chi connectivity index (χ4n) is 0.512. The summed E-state index contributed by atoms with van der Waals surface area (Å²) in [5.74, 6) is -0.254. The van der Waals surface area contributed by atoms with Gasteiger partial charge in [-0.15, -0.1) is 12.6 Å². The van der Waals surface area contributed by atoms with Crippen LogP contribution in [-0.4, -0.2) is 10.2 Å². The number of aromatic hydroxyl groups is 2. The predicted octanol–water partition coefficient (Wildman–Crippen LogP) is 1.39. The minimum Gasteiger partial charge on any atom is -0.504 e. The van der Waals surface area contributed by atoms with Gasteiger partial charge < -0.3 is 10.2 Å². The molecule has 1 rings (SSSR count). The Morgan fingerprint density at radius 1 is 1.11 bits per heavy atom. The van der Waals surface area contributed by atoms with Crippen LogP contribution in [0.25, 0.3) is 0 Å². The van der Waals surface area contributed by atoms with Crippen LogP contribution in [0.3, 0.4) is 0 Å². The Bertz CT molecular complexity index is 222. The molecule has 0 atom stereocenters. The first-order valence-corrected chi connectivity index (χ1v) is 2.86. The average molecular weight is 142 g/mol. The maximum absolute atomic E-state index is 8.80. The van der Waals surface area contributed by atoms with Crippen molar-refractivity contribution in [1.29, 1.82) is 0 Å². The molecule has 1 aromatic rings. The number of hydrogen-bond acceptors (Lipinski definition) is 3. The Morgan fingerprint density at radius 2 is 1.78 bits per heavy atom. The quantitative estimate of drug-likeness (QED) is 0.378. The van der Waals surface area contributed by atoms with Crippen LogP contribution in [0, 0.1) is 0 Å². The highest BCUT2D eigenvalue weighted by atomic mass is 32.1. The van der Waals surface area contributed by atoms with Crippen LogP contribution in [0.2, 0.25) is 0 Å². The SMILES string of the molecule is Oc1ccc(S)cc1O. The van der Waals surface area contributed by atoms with E-state index in [2.05, 4.69) is 12.6 Å². The van der Waals surface area contributed by atoms with Crippen molar-refractivity contribution in [2.24, 2.45) is 0 Å². The molecule has 0 amide bonds. The Balaban J connectivity index is 3.17. The van der Waals surface area contributed by atoms with Crippen LogP contribution in [0.4, 0.5) is 0 Å². The highest BCUT2D eigenvalue weighted by Gasteiger charge is 1.95. The van der Waals surface area contributed by atoms with Gasteiger partial charge in [-0.05, 0) is 18.2 Å². The van der Waals surface area contributed by atoms with E-state index in [0.717, 1.165) is 0 Å². The molecule has 0 fully saturated rings. The van der Waals surface area contributed by atoms with Gasteiger partial charge in [-0.2, -0.15) is 0 Å². The number of phenolic OH excluding ortho intramolecular Hbond substituents is 2. The first kappa shape index (κ1) is 6.29. The Morgan fingerprint density at radius 3 is 2.22 bits per heavy atom. The van der Waals surface area contributed by atoms with Crippen LogP contribution >= 0.6 is 12.6 Å². The maximum Gasteiger partial charge on any atom is 0.158 e. The maximum atomic E-state index is 8.80. The molecule has 9 heavy (non-hydrogen) atoms. The summed E-state index contributed by atoms with van der Waals surface area (Å²) >= 11 is 3.93. The van der Waals surface area contributed by atoms with Crippen molar-refractivity contribution < 1.29 is 10.2 Å². The highest BCUT2D eigenvalue weighted by molar-refractivity contribution is 7.80. The third-order valence-corrected chi connectivity index (χ3v) is 1.24. The first-order chi connectivity index (χ1) is 4.20. The zero-order valence-electron chi connectivity index (χ0n) is 4.57. The first-order valence-electron chi connectivity index (χ1n) is 2.41. The zero-order valence-corrected chi connectivity index (χ0v) is 5.47. The van der Waals surface area contributed by atoms with Crippen molar-refractivity contribution in [2.45, 2.75) is 4.90 Å². The summed E-state index contributed by atoms with van der Waals surface area (Å²) < 4.78 is 0. The van der Waals surface area contributed by atoms with E-state index in [0.29, 0.717) is 4.90 Å². The van der Waals surface area contributed by atoms with Crippen LogP contribution in [0.5, 0.6) is 11.5 Å². The number of benzene rings is 1. The van der Waals surface area contributed by atoms with Gasteiger partial charge >= 0.3 is 0 Å². The molecule has 0 saturated heterocycles. The molecule has 0 aliphatic rings. The molecule has 0 aromatic heterocycles. The van der Waals surface area contributed by atoms with Crippen molar-refractivity contribution in [3.8, 4) is 11.5 Å². The summed E-state index contributed by atoms with van der Waals surface area (Å²) in [5, 5.41) is 17.6. The lowest BCUT2D eigenvalue weighted by atomic mass is 10.3. The third kappa shape index (κ3) is 1.29. The van der Waals surface area contributed by atoms with Gasteiger partial charge in [0.05, 0.1) is 0 Å². The molecule has 48 valence electrons. The molecule has 0 bridgehead atoms. The van der Waals surface area contributed by atoms with E-state index in [1.807, 2.05) is 0 Å². The molecule has 0 radical (unpaired) electrons. The van der Waals surface area contributed by atoms with Crippen molar-refractivity contribution >= 4 is 12.6 Å². The van der Waals surface area contributed by atoms with Crippen molar-refractivity contribution in [3.63, 3.8) is 0 Å². The largest absolute Gasteiger partial charge is 0.504 e. The van der Waals surface area contributed by atoms with E-state index < -0.39 is 0 Å². The summed E-state index contributed by atoms with van der Waals surface area (Å²) in [6, 6.07) is 4.36. The molecule has 3 heteroatoms. The number of hydrogen-bond donors (Lipinski definition) is 3. The van der Waals surface area contributed by atoms with Gasteiger partial charge in [0.25, 0.3) is 0 Å². The normalized spacial score (nSPS) is 9.44. The summed E-state index contributed by atoms with van der Waals surface area (Å²) in [7, 11) is 0. The number of thiol groups is 1. The molecule has 0 aliphatic heterocycles. The lowest BCUT2D eigenvalue weighted by Crippen LogP contribution is -1.67. The molecular weight excluding hydrogens is 136 g/mol. The molecule has 2 nitrogen and oxygen atoms in total. The fraction of sp³-hybridized carbons (Fsp3) is 0. The number of rotatable bonds is 0. The van der Waals surface area contributed by atoms with Crippen molar-refractivity contribution in [2.75, 3.05) is 0 Å².